The van der Waals surface area contributed by atoms with Gasteiger partial charge in [-0.1, -0.05) is 11.3 Å². The Hall–Kier alpha value is -1.17. The summed E-state index contributed by atoms with van der Waals surface area (Å²) in [6, 6.07) is 1.92. The van der Waals surface area contributed by atoms with Crippen molar-refractivity contribution in [3.63, 3.8) is 0 Å². The van der Waals surface area contributed by atoms with E-state index in [9.17, 15) is 13.2 Å². The summed E-state index contributed by atoms with van der Waals surface area (Å²) in [4.78, 5) is 13.0. The van der Waals surface area contributed by atoms with Crippen LogP contribution in [0.1, 0.15) is 18.5 Å². The Bertz CT molecular complexity index is 550. The van der Waals surface area contributed by atoms with Crippen LogP contribution in [-0.2, 0) is 10.0 Å². The molecule has 0 saturated heterocycles. The van der Waals surface area contributed by atoms with E-state index < -0.39 is 14.9 Å². The second-order valence-corrected chi connectivity index (χ2v) is 6.03. The molecule has 0 bridgehead atoms. The van der Waals surface area contributed by atoms with E-state index in [-0.39, 0.29) is 10.8 Å². The molecular formula is C8H11N3O3S2. The lowest BCUT2D eigenvalue weighted by atomic mass is 10.3. The minimum absolute atomic E-state index is 0.00876. The van der Waals surface area contributed by atoms with Crippen molar-refractivity contribution in [1.29, 1.82) is 5.26 Å². The molecule has 2 N–H and O–H groups in total. The van der Waals surface area contributed by atoms with Crippen molar-refractivity contribution < 1.29 is 8.42 Å². The lowest BCUT2D eigenvalue weighted by Gasteiger charge is -2.03. The lowest BCUT2D eigenvalue weighted by molar-refractivity contribution is 0.581. The highest BCUT2D eigenvalue weighted by atomic mass is 32.2. The number of hydrogen-bond donors (Lipinski definition) is 2. The van der Waals surface area contributed by atoms with Crippen molar-refractivity contribution in [3.05, 3.63) is 15.4 Å². The zero-order valence-corrected chi connectivity index (χ0v) is 10.2. The second-order valence-electron chi connectivity index (χ2n) is 3.09. The Labute approximate surface area is 97.0 Å². The molecule has 1 aromatic rings. The number of nitrogens with one attached hydrogen (secondary N) is 2. The summed E-state index contributed by atoms with van der Waals surface area (Å²) >= 11 is 0.659. The number of H-pyrrole nitrogens is 1. The van der Waals surface area contributed by atoms with Crippen LogP contribution in [0.3, 0.4) is 0 Å². The minimum Gasteiger partial charge on any atom is -0.315 e. The molecule has 0 aliphatic heterocycles. The summed E-state index contributed by atoms with van der Waals surface area (Å²) in [7, 11) is -3.62. The number of aromatic amines is 1. The topological polar surface area (TPSA) is 103 Å². The average molecular weight is 261 g/mol. The van der Waals surface area contributed by atoms with E-state index in [0.29, 0.717) is 29.9 Å². The molecule has 0 unspecified atom stereocenters. The molecule has 0 fully saturated rings. The molecule has 1 aromatic heterocycles. The van der Waals surface area contributed by atoms with Gasteiger partial charge in [0.15, 0.2) is 4.21 Å². The normalized spacial score (nSPS) is 11.2. The third-order valence-corrected chi connectivity index (χ3v) is 4.85. The first-order chi connectivity index (χ1) is 7.47. The van der Waals surface area contributed by atoms with Crippen molar-refractivity contribution >= 4 is 21.4 Å². The van der Waals surface area contributed by atoms with E-state index in [1.807, 2.05) is 6.07 Å². The summed E-state index contributed by atoms with van der Waals surface area (Å²) in [6.07, 6.45) is 0.749. The van der Waals surface area contributed by atoms with Crippen molar-refractivity contribution in [1.82, 2.24) is 9.71 Å². The summed E-state index contributed by atoms with van der Waals surface area (Å²) in [5.74, 6) is 0. The summed E-state index contributed by atoms with van der Waals surface area (Å²) < 4.78 is 25.7. The van der Waals surface area contributed by atoms with Gasteiger partial charge in [0.25, 0.3) is 10.0 Å². The smallest absolute Gasteiger partial charge is 0.305 e. The Kier molecular flexibility index (Phi) is 4.23. The van der Waals surface area contributed by atoms with Gasteiger partial charge in [-0.05, 0) is 13.3 Å². The highest BCUT2D eigenvalue weighted by Crippen LogP contribution is 2.15. The summed E-state index contributed by atoms with van der Waals surface area (Å²) in [5.41, 5.74) is 0.336. The lowest BCUT2D eigenvalue weighted by Crippen LogP contribution is -2.24. The highest BCUT2D eigenvalue weighted by molar-refractivity contribution is 7.91. The molecular weight excluding hydrogens is 250 g/mol. The molecule has 0 amide bonds. The first kappa shape index (κ1) is 12.9. The third-order valence-electron chi connectivity index (χ3n) is 1.78. The first-order valence-electron chi connectivity index (χ1n) is 4.53. The van der Waals surface area contributed by atoms with Crippen LogP contribution < -0.4 is 9.60 Å². The zero-order valence-electron chi connectivity index (χ0n) is 8.61. The molecule has 6 nitrogen and oxygen atoms in total. The van der Waals surface area contributed by atoms with Crippen LogP contribution in [0.2, 0.25) is 0 Å². The van der Waals surface area contributed by atoms with Gasteiger partial charge in [-0.15, -0.1) is 0 Å². The van der Waals surface area contributed by atoms with Crippen LogP contribution in [-0.4, -0.2) is 19.9 Å². The maximum atomic E-state index is 11.7. The van der Waals surface area contributed by atoms with Crippen molar-refractivity contribution in [2.75, 3.05) is 6.54 Å². The molecule has 0 saturated carbocycles. The molecule has 0 aromatic carbocycles. The van der Waals surface area contributed by atoms with Gasteiger partial charge in [-0.2, -0.15) is 5.26 Å². The van der Waals surface area contributed by atoms with Crippen LogP contribution in [0.15, 0.2) is 9.00 Å². The van der Waals surface area contributed by atoms with Crippen LogP contribution in [0.25, 0.3) is 0 Å². The second kappa shape index (κ2) is 5.25. The maximum absolute atomic E-state index is 11.7. The van der Waals surface area contributed by atoms with Gasteiger partial charge < -0.3 is 4.98 Å². The Morgan fingerprint density at radius 3 is 2.75 bits per heavy atom. The summed E-state index contributed by atoms with van der Waals surface area (Å²) in [5, 5.41) is 8.29. The third kappa shape index (κ3) is 3.16. The number of aryl methyl sites for hydroxylation is 1. The fraction of sp³-hybridized carbons (Fsp3) is 0.500. The number of thiazole rings is 1. The molecule has 0 spiro atoms. The predicted molar refractivity (Wildman–Crippen MR) is 59.7 cm³/mol. The van der Waals surface area contributed by atoms with Crippen LogP contribution in [0, 0.1) is 18.3 Å². The number of hydrogen-bond acceptors (Lipinski definition) is 5. The molecule has 0 aliphatic rings. The molecule has 88 valence electrons. The van der Waals surface area contributed by atoms with E-state index in [4.69, 9.17) is 5.26 Å². The quantitative estimate of drug-likeness (QED) is 0.745. The first-order valence-corrected chi connectivity index (χ1v) is 6.83. The van der Waals surface area contributed by atoms with E-state index in [1.165, 1.54) is 6.92 Å². The van der Waals surface area contributed by atoms with Crippen LogP contribution in [0.4, 0.5) is 0 Å². The van der Waals surface area contributed by atoms with Gasteiger partial charge in [-0.25, -0.2) is 13.1 Å². The van der Waals surface area contributed by atoms with Crippen molar-refractivity contribution in [2.24, 2.45) is 0 Å². The molecule has 0 aliphatic carbocycles. The van der Waals surface area contributed by atoms with Crippen molar-refractivity contribution in [3.8, 4) is 6.07 Å². The Morgan fingerprint density at radius 2 is 2.25 bits per heavy atom. The van der Waals surface area contributed by atoms with E-state index in [0.717, 1.165) is 0 Å². The number of nitrogens with zero attached hydrogens (tertiary/aromatic N) is 1. The molecule has 1 heterocycles. The monoisotopic (exact) mass is 261 g/mol. The largest absolute Gasteiger partial charge is 0.315 e. The predicted octanol–water partition coefficient (Wildman–Crippen LogP) is 0.327. The van der Waals surface area contributed by atoms with E-state index in [2.05, 4.69) is 9.71 Å². The molecule has 1 rings (SSSR count). The number of sulfonamides is 1. The number of rotatable bonds is 5. The molecule has 16 heavy (non-hydrogen) atoms. The summed E-state index contributed by atoms with van der Waals surface area (Å²) in [6.45, 7) is 1.73. The van der Waals surface area contributed by atoms with Gasteiger partial charge >= 0.3 is 4.87 Å². The number of unbranched alkanes of at least 4 members (excludes halogenated alkanes) is 1. The molecule has 0 radical (unpaired) electrons. The SMILES string of the molecule is Cc1[nH]c(=O)sc1S(=O)(=O)NCCCC#N. The zero-order chi connectivity index (χ0) is 12.2. The standard InChI is InChI=1S/C8H11N3O3S2/c1-6-7(15-8(12)11-6)16(13,14)10-5-3-2-4-9/h10H,2-3,5H2,1H3,(H,11,12). The minimum atomic E-state index is -3.62. The fourth-order valence-corrected chi connectivity index (χ4v) is 3.50. The average Bonchev–Trinajstić information content (AvgIpc) is 2.53. The highest BCUT2D eigenvalue weighted by Gasteiger charge is 2.19. The maximum Gasteiger partial charge on any atom is 0.305 e. The van der Waals surface area contributed by atoms with Gasteiger partial charge in [0.1, 0.15) is 0 Å². The van der Waals surface area contributed by atoms with Gasteiger partial charge in [0.2, 0.25) is 0 Å². The van der Waals surface area contributed by atoms with Crippen molar-refractivity contribution in [2.45, 2.75) is 24.0 Å². The van der Waals surface area contributed by atoms with Crippen LogP contribution in [0.5, 0.6) is 0 Å². The molecule has 0 atom stereocenters. The fourth-order valence-electron chi connectivity index (χ4n) is 1.09. The number of aromatic nitrogens is 1. The molecule has 8 heteroatoms. The van der Waals surface area contributed by atoms with E-state index in [1.54, 1.807) is 0 Å². The van der Waals surface area contributed by atoms with Gasteiger partial charge in [0, 0.05) is 18.7 Å². The van der Waals surface area contributed by atoms with Crippen LogP contribution >= 0.6 is 11.3 Å². The van der Waals surface area contributed by atoms with Gasteiger partial charge in [-0.3, -0.25) is 4.79 Å². The van der Waals surface area contributed by atoms with Gasteiger partial charge in [0.05, 0.1) is 6.07 Å². The van der Waals surface area contributed by atoms with E-state index >= 15 is 0 Å². The Balaban J connectivity index is 2.76. The Morgan fingerprint density at radius 1 is 1.56 bits per heavy atom. The number of nitriles is 1.